The third-order valence-corrected chi connectivity index (χ3v) is 6.72. The molecule has 0 saturated heterocycles. The van der Waals surface area contributed by atoms with Crippen LogP contribution in [0, 0.1) is 5.82 Å². The van der Waals surface area contributed by atoms with Crippen LogP contribution in [0.3, 0.4) is 0 Å². The summed E-state index contributed by atoms with van der Waals surface area (Å²) in [5, 5.41) is 0.182. The molecule has 0 aliphatic carbocycles. The van der Waals surface area contributed by atoms with Crippen molar-refractivity contribution in [1.29, 1.82) is 0 Å². The second-order valence-electron chi connectivity index (χ2n) is 7.30. The predicted molar refractivity (Wildman–Crippen MR) is 123 cm³/mol. The number of hydrogen-bond acceptors (Lipinski definition) is 4. The van der Waals surface area contributed by atoms with E-state index in [1.54, 1.807) is 12.1 Å². The molecule has 8 nitrogen and oxygen atoms in total. The number of carbonyl (C=O) groups is 1. The van der Waals surface area contributed by atoms with Crippen LogP contribution in [-0.4, -0.2) is 36.2 Å². The minimum atomic E-state index is -4.09. The summed E-state index contributed by atoms with van der Waals surface area (Å²) < 4.78 is 42.5. The van der Waals surface area contributed by atoms with Gasteiger partial charge in [0.2, 0.25) is 0 Å². The first-order valence-corrected chi connectivity index (χ1v) is 11.5. The summed E-state index contributed by atoms with van der Waals surface area (Å²) in [6, 6.07) is 14.4. The summed E-state index contributed by atoms with van der Waals surface area (Å²) in [4.78, 5) is 30.7. The van der Waals surface area contributed by atoms with Gasteiger partial charge in [-0.1, -0.05) is 29.8 Å². The van der Waals surface area contributed by atoms with Crippen molar-refractivity contribution in [3.8, 4) is 0 Å². The molecule has 4 rings (SSSR count). The highest BCUT2D eigenvalue weighted by Gasteiger charge is 2.22. The molecule has 1 heterocycles. The Hall–Kier alpha value is -3.63. The van der Waals surface area contributed by atoms with Crippen molar-refractivity contribution in [3.05, 3.63) is 93.1 Å². The van der Waals surface area contributed by atoms with Gasteiger partial charge >= 0.3 is 5.69 Å². The Balaban J connectivity index is 1.62. The van der Waals surface area contributed by atoms with Gasteiger partial charge < -0.3 is 14.9 Å². The quantitative estimate of drug-likeness (QED) is 0.383. The molecule has 0 aliphatic heterocycles. The zero-order chi connectivity index (χ0) is 23.8. The molecular formula is C22H18ClFN4O4S. The van der Waals surface area contributed by atoms with Crippen LogP contribution >= 0.6 is 11.6 Å². The van der Waals surface area contributed by atoms with Gasteiger partial charge in [0.1, 0.15) is 5.82 Å². The van der Waals surface area contributed by atoms with Crippen molar-refractivity contribution < 1.29 is 17.6 Å². The SMILES string of the molecule is CN(Cc1c(F)cccc1Cl)C(=O)c1ccccc1NS(=O)(=O)c1ccc2[nH]c(=O)[nH]c2c1. The lowest BCUT2D eigenvalue weighted by Gasteiger charge is -2.20. The highest BCUT2D eigenvalue weighted by molar-refractivity contribution is 7.92. The van der Waals surface area contributed by atoms with E-state index in [4.69, 9.17) is 11.6 Å². The maximum absolute atomic E-state index is 14.1. The fraction of sp³-hybridized carbons (Fsp3) is 0.0909. The molecule has 0 spiro atoms. The number of imidazole rings is 1. The van der Waals surface area contributed by atoms with Crippen LogP contribution in [0.4, 0.5) is 10.1 Å². The highest BCUT2D eigenvalue weighted by atomic mass is 35.5. The molecule has 1 aromatic heterocycles. The van der Waals surface area contributed by atoms with Crippen molar-refractivity contribution in [2.75, 3.05) is 11.8 Å². The highest BCUT2D eigenvalue weighted by Crippen LogP contribution is 2.25. The molecule has 0 unspecified atom stereocenters. The number of benzene rings is 3. The minimum Gasteiger partial charge on any atom is -0.337 e. The molecule has 33 heavy (non-hydrogen) atoms. The van der Waals surface area contributed by atoms with Gasteiger partial charge in [-0.25, -0.2) is 17.6 Å². The van der Waals surface area contributed by atoms with Gasteiger partial charge in [0.05, 0.1) is 27.2 Å². The van der Waals surface area contributed by atoms with Gasteiger partial charge in [-0.3, -0.25) is 9.52 Å². The van der Waals surface area contributed by atoms with Crippen LogP contribution in [0.5, 0.6) is 0 Å². The monoisotopic (exact) mass is 488 g/mol. The molecule has 3 N–H and O–H groups in total. The lowest BCUT2D eigenvalue weighted by Crippen LogP contribution is -2.28. The zero-order valence-corrected chi connectivity index (χ0v) is 18.8. The van der Waals surface area contributed by atoms with Crippen molar-refractivity contribution in [1.82, 2.24) is 14.9 Å². The van der Waals surface area contributed by atoms with Crippen molar-refractivity contribution in [2.24, 2.45) is 0 Å². The first kappa shape index (κ1) is 22.6. The molecule has 0 atom stereocenters. The lowest BCUT2D eigenvalue weighted by atomic mass is 10.1. The summed E-state index contributed by atoms with van der Waals surface area (Å²) in [6.07, 6.45) is 0. The molecule has 0 aliphatic rings. The first-order chi connectivity index (χ1) is 15.7. The summed E-state index contributed by atoms with van der Waals surface area (Å²) in [7, 11) is -2.62. The number of nitrogens with one attached hydrogen (secondary N) is 3. The zero-order valence-electron chi connectivity index (χ0n) is 17.2. The van der Waals surface area contributed by atoms with E-state index in [-0.39, 0.29) is 33.3 Å². The lowest BCUT2D eigenvalue weighted by molar-refractivity contribution is 0.0785. The summed E-state index contributed by atoms with van der Waals surface area (Å²) in [5.41, 5.74) is 0.615. The van der Waals surface area contributed by atoms with Crippen LogP contribution in [0.25, 0.3) is 11.0 Å². The molecule has 0 saturated carbocycles. The number of aromatic amines is 2. The average molecular weight is 489 g/mol. The van der Waals surface area contributed by atoms with Crippen molar-refractivity contribution in [2.45, 2.75) is 11.4 Å². The molecule has 0 radical (unpaired) electrons. The number of hydrogen-bond donors (Lipinski definition) is 3. The van der Waals surface area contributed by atoms with Gasteiger partial charge in [-0.05, 0) is 42.5 Å². The van der Waals surface area contributed by atoms with Crippen molar-refractivity contribution in [3.63, 3.8) is 0 Å². The van der Waals surface area contributed by atoms with E-state index in [0.717, 1.165) is 0 Å². The Morgan fingerprint density at radius 2 is 1.79 bits per heavy atom. The molecule has 1 amide bonds. The van der Waals surface area contributed by atoms with E-state index in [2.05, 4.69) is 14.7 Å². The van der Waals surface area contributed by atoms with Gasteiger partial charge in [0.15, 0.2) is 0 Å². The number of carbonyl (C=O) groups excluding carboxylic acids is 1. The first-order valence-electron chi connectivity index (χ1n) is 9.68. The minimum absolute atomic E-state index is 0.0524. The number of halogens is 2. The maximum Gasteiger partial charge on any atom is 0.323 e. The summed E-state index contributed by atoms with van der Waals surface area (Å²) in [6.45, 7) is -0.108. The number of sulfonamides is 1. The standard InChI is InChI=1S/C22H18ClFN4O4S/c1-28(12-15-16(23)6-4-7-17(15)24)21(29)14-5-2-3-8-18(14)27-33(31,32)13-9-10-19-20(11-13)26-22(30)25-19/h2-11,27H,12H2,1H3,(H2,25,26,30). The third-order valence-electron chi connectivity index (χ3n) is 5.00. The van der Waals surface area contributed by atoms with Crippen LogP contribution in [0.2, 0.25) is 5.02 Å². The number of fused-ring (bicyclic) bond motifs is 1. The van der Waals surface area contributed by atoms with Crippen LogP contribution in [-0.2, 0) is 16.6 Å². The Morgan fingerprint density at radius 1 is 1.06 bits per heavy atom. The molecule has 3 aromatic carbocycles. The molecule has 11 heteroatoms. The number of amides is 1. The van der Waals surface area contributed by atoms with Crippen LogP contribution in [0.15, 0.2) is 70.4 Å². The van der Waals surface area contributed by atoms with E-state index in [1.165, 1.54) is 60.5 Å². The molecule has 4 aromatic rings. The number of rotatable bonds is 6. The Kier molecular flexibility index (Phi) is 5.96. The molecule has 170 valence electrons. The molecule has 0 fully saturated rings. The number of nitrogens with zero attached hydrogens (tertiary/aromatic N) is 1. The number of para-hydroxylation sites is 1. The van der Waals surface area contributed by atoms with Gasteiger partial charge in [-0.15, -0.1) is 0 Å². The fourth-order valence-electron chi connectivity index (χ4n) is 3.34. The van der Waals surface area contributed by atoms with Gasteiger partial charge in [0, 0.05) is 24.2 Å². The number of anilines is 1. The smallest absolute Gasteiger partial charge is 0.323 e. The van der Waals surface area contributed by atoms with Crippen LogP contribution < -0.4 is 10.4 Å². The Bertz CT molecular complexity index is 1510. The number of H-pyrrole nitrogens is 2. The van der Waals surface area contributed by atoms with Crippen LogP contribution in [0.1, 0.15) is 15.9 Å². The maximum atomic E-state index is 14.1. The second-order valence-corrected chi connectivity index (χ2v) is 9.39. The third kappa shape index (κ3) is 4.62. The van der Waals surface area contributed by atoms with Crippen molar-refractivity contribution >= 4 is 44.3 Å². The van der Waals surface area contributed by atoms with Gasteiger partial charge in [-0.2, -0.15) is 0 Å². The van der Waals surface area contributed by atoms with E-state index < -0.39 is 27.4 Å². The summed E-state index contributed by atoms with van der Waals surface area (Å²) >= 11 is 6.06. The number of aromatic nitrogens is 2. The second kappa shape index (κ2) is 8.72. The largest absolute Gasteiger partial charge is 0.337 e. The Morgan fingerprint density at radius 3 is 2.55 bits per heavy atom. The average Bonchev–Trinajstić information content (AvgIpc) is 3.15. The van der Waals surface area contributed by atoms with E-state index in [1.807, 2.05) is 0 Å². The van der Waals surface area contributed by atoms with E-state index in [0.29, 0.717) is 11.0 Å². The van der Waals surface area contributed by atoms with Gasteiger partial charge in [0.25, 0.3) is 15.9 Å². The summed E-state index contributed by atoms with van der Waals surface area (Å²) in [5.74, 6) is -1.08. The fourth-order valence-corrected chi connectivity index (χ4v) is 4.67. The normalized spacial score (nSPS) is 11.5. The Labute approximate surface area is 193 Å². The molecular weight excluding hydrogens is 471 g/mol. The topological polar surface area (TPSA) is 115 Å². The van der Waals surface area contributed by atoms with E-state index in [9.17, 15) is 22.4 Å². The predicted octanol–water partition coefficient (Wildman–Crippen LogP) is 3.72. The van der Waals surface area contributed by atoms with E-state index >= 15 is 0 Å². The molecule has 0 bridgehead atoms.